The summed E-state index contributed by atoms with van der Waals surface area (Å²) in [6.45, 7) is 3.66. The molecule has 0 radical (unpaired) electrons. The van der Waals surface area contributed by atoms with E-state index in [4.69, 9.17) is 19.3 Å². The highest BCUT2D eigenvalue weighted by molar-refractivity contribution is 7.46. The zero-order chi connectivity index (χ0) is 35.4. The first-order valence-corrected chi connectivity index (χ1v) is 21.3. The Balaban J connectivity index is 3.96. The minimum atomic E-state index is -4.75. The van der Waals surface area contributed by atoms with Crippen LogP contribution in [0.5, 0.6) is 0 Å². The van der Waals surface area contributed by atoms with Crippen LogP contribution in [0.2, 0.25) is 0 Å². The summed E-state index contributed by atoms with van der Waals surface area (Å²) in [5, 5.41) is 0. The molecule has 0 saturated heterocycles. The van der Waals surface area contributed by atoms with E-state index < -0.39 is 32.5 Å². The Bertz CT molecular complexity index is 849. The van der Waals surface area contributed by atoms with Crippen LogP contribution < -0.4 is 0 Å². The molecule has 9 heteroatoms. The van der Waals surface area contributed by atoms with Gasteiger partial charge in [-0.3, -0.25) is 14.1 Å². The highest BCUT2D eigenvalue weighted by Crippen LogP contribution is 2.36. The molecule has 0 saturated carbocycles. The summed E-state index contributed by atoms with van der Waals surface area (Å²) < 4.78 is 26.3. The van der Waals surface area contributed by atoms with Gasteiger partial charge in [0.15, 0.2) is 6.10 Å². The van der Waals surface area contributed by atoms with E-state index in [1.54, 1.807) is 0 Å². The number of esters is 2. The summed E-state index contributed by atoms with van der Waals surface area (Å²) in [6, 6.07) is 0. The van der Waals surface area contributed by atoms with Gasteiger partial charge in [-0.15, -0.1) is 5.73 Å². The van der Waals surface area contributed by atoms with Crippen molar-refractivity contribution in [2.75, 3.05) is 13.2 Å². The third-order valence-electron chi connectivity index (χ3n) is 8.56. The van der Waals surface area contributed by atoms with Gasteiger partial charge >= 0.3 is 19.8 Å². The Labute approximate surface area is 294 Å². The van der Waals surface area contributed by atoms with Crippen LogP contribution in [0.3, 0.4) is 0 Å². The van der Waals surface area contributed by atoms with Crippen molar-refractivity contribution in [1.82, 2.24) is 0 Å². The fourth-order valence-electron chi connectivity index (χ4n) is 5.59. The van der Waals surface area contributed by atoms with Crippen molar-refractivity contribution in [3.63, 3.8) is 0 Å². The molecule has 282 valence electrons. The Hall–Kier alpha value is -1.43. The van der Waals surface area contributed by atoms with Crippen molar-refractivity contribution >= 4 is 19.8 Å². The maximum absolute atomic E-state index is 12.4. The fraction of sp³-hybridized carbons (Fsp3) is 0.872. The number of phosphoric acid groups is 1. The first kappa shape index (κ1) is 46.6. The first-order valence-electron chi connectivity index (χ1n) is 19.7. The summed E-state index contributed by atoms with van der Waals surface area (Å²) in [5.41, 5.74) is 3.28. The van der Waals surface area contributed by atoms with Crippen LogP contribution in [0.15, 0.2) is 17.9 Å². The van der Waals surface area contributed by atoms with E-state index in [1.165, 1.54) is 109 Å². The zero-order valence-electron chi connectivity index (χ0n) is 30.9. The van der Waals surface area contributed by atoms with E-state index in [2.05, 4.69) is 36.3 Å². The molecule has 0 heterocycles. The highest BCUT2D eigenvalue weighted by atomic mass is 31.2. The van der Waals surface area contributed by atoms with Crippen LogP contribution >= 0.6 is 7.82 Å². The van der Waals surface area contributed by atoms with Gasteiger partial charge in [0.2, 0.25) is 0 Å². The standard InChI is InChI=1S/C39H73O8P/c1-3-5-7-9-11-13-15-17-19-21-23-25-27-29-31-33-38(40)45-35-37(36-46-48(42,43)44)47-39(41)34-32-30-28-26-24-22-20-18-16-14-12-10-8-6-4-2/h16,20,37H,3-15,17,19,21-36H2,1-2H3,(H2,42,43,44). The summed E-state index contributed by atoms with van der Waals surface area (Å²) in [6.07, 6.45) is 35.7. The number of ether oxygens (including phenoxy) is 2. The molecule has 0 aromatic rings. The van der Waals surface area contributed by atoms with Crippen molar-refractivity contribution < 1.29 is 37.9 Å². The lowest BCUT2D eigenvalue weighted by Gasteiger charge is -2.18. The van der Waals surface area contributed by atoms with Crippen LogP contribution in [0.1, 0.15) is 200 Å². The lowest BCUT2D eigenvalue weighted by Crippen LogP contribution is -2.29. The van der Waals surface area contributed by atoms with Crippen molar-refractivity contribution in [1.29, 1.82) is 0 Å². The number of hydrogen-bond acceptors (Lipinski definition) is 6. The van der Waals surface area contributed by atoms with Gasteiger partial charge in [-0.05, 0) is 50.7 Å². The molecule has 0 spiro atoms. The number of unbranched alkanes of at least 4 members (excludes halogenated alkanes) is 24. The normalized spacial score (nSPS) is 12.0. The fourth-order valence-corrected chi connectivity index (χ4v) is 5.95. The second-order valence-corrected chi connectivity index (χ2v) is 14.6. The molecule has 1 unspecified atom stereocenters. The van der Waals surface area contributed by atoms with Gasteiger partial charge in [-0.25, -0.2) is 4.57 Å². The first-order chi connectivity index (χ1) is 23.3. The zero-order valence-corrected chi connectivity index (χ0v) is 31.8. The van der Waals surface area contributed by atoms with Crippen molar-refractivity contribution in [3.8, 4) is 0 Å². The third-order valence-corrected chi connectivity index (χ3v) is 9.04. The van der Waals surface area contributed by atoms with E-state index >= 15 is 0 Å². The van der Waals surface area contributed by atoms with Crippen molar-refractivity contribution in [2.24, 2.45) is 0 Å². The van der Waals surface area contributed by atoms with Gasteiger partial charge in [0.25, 0.3) is 0 Å². The molecule has 1 atom stereocenters. The predicted octanol–water partition coefficient (Wildman–Crippen LogP) is 11.6. The molecule has 0 aromatic heterocycles. The lowest BCUT2D eigenvalue weighted by molar-refractivity contribution is -0.161. The Morgan fingerprint density at radius 2 is 0.938 bits per heavy atom. The minimum absolute atomic E-state index is 0.195. The van der Waals surface area contributed by atoms with E-state index in [0.717, 1.165) is 57.8 Å². The third kappa shape index (κ3) is 37.4. The van der Waals surface area contributed by atoms with E-state index in [9.17, 15) is 14.2 Å². The Morgan fingerprint density at radius 1 is 0.562 bits per heavy atom. The second-order valence-electron chi connectivity index (χ2n) is 13.4. The Morgan fingerprint density at radius 3 is 1.35 bits per heavy atom. The van der Waals surface area contributed by atoms with Gasteiger partial charge in [0, 0.05) is 12.8 Å². The average molecular weight is 701 g/mol. The summed E-state index contributed by atoms with van der Waals surface area (Å²) >= 11 is 0. The minimum Gasteiger partial charge on any atom is -0.462 e. The summed E-state index contributed by atoms with van der Waals surface area (Å²) in [7, 11) is -4.75. The quantitative estimate of drug-likeness (QED) is 0.0287. The number of carbonyl (C=O) groups excluding carboxylic acids is 2. The molecule has 0 aliphatic heterocycles. The van der Waals surface area contributed by atoms with E-state index in [0.29, 0.717) is 6.42 Å². The molecule has 0 amide bonds. The second kappa shape index (κ2) is 35.4. The van der Waals surface area contributed by atoms with Crippen LogP contribution in [0, 0.1) is 0 Å². The van der Waals surface area contributed by atoms with Crippen LogP contribution in [-0.2, 0) is 28.2 Å². The van der Waals surface area contributed by atoms with E-state index in [-0.39, 0.29) is 19.4 Å². The van der Waals surface area contributed by atoms with Crippen molar-refractivity contribution in [2.45, 2.75) is 206 Å². The molecule has 0 rings (SSSR count). The number of phosphoric ester groups is 1. The van der Waals surface area contributed by atoms with Gasteiger partial charge in [0.05, 0.1) is 6.61 Å². The summed E-state index contributed by atoms with van der Waals surface area (Å²) in [4.78, 5) is 42.7. The highest BCUT2D eigenvalue weighted by Gasteiger charge is 2.22. The van der Waals surface area contributed by atoms with Crippen molar-refractivity contribution in [3.05, 3.63) is 17.9 Å². The van der Waals surface area contributed by atoms with Gasteiger partial charge < -0.3 is 19.3 Å². The van der Waals surface area contributed by atoms with Gasteiger partial charge in [0.1, 0.15) is 6.61 Å². The maximum Gasteiger partial charge on any atom is 0.469 e. The number of rotatable bonds is 36. The lowest BCUT2D eigenvalue weighted by atomic mass is 10.0. The molecule has 0 bridgehead atoms. The largest absolute Gasteiger partial charge is 0.469 e. The van der Waals surface area contributed by atoms with Gasteiger partial charge in [-0.1, -0.05) is 149 Å². The van der Waals surface area contributed by atoms with E-state index in [1.807, 2.05) is 0 Å². The number of carbonyl (C=O) groups is 2. The SMILES string of the molecule is CCCCCCCC=C=CCCCCCCCC(=O)OC(COC(=O)CCCCCCCCCCCCCCCCC)COP(=O)(O)O. The smallest absolute Gasteiger partial charge is 0.462 e. The van der Waals surface area contributed by atoms with Gasteiger partial charge in [-0.2, -0.15) is 0 Å². The monoisotopic (exact) mass is 701 g/mol. The molecule has 48 heavy (non-hydrogen) atoms. The van der Waals surface area contributed by atoms with Crippen LogP contribution in [0.4, 0.5) is 0 Å². The molecule has 0 aromatic carbocycles. The predicted molar refractivity (Wildman–Crippen MR) is 197 cm³/mol. The molecule has 8 nitrogen and oxygen atoms in total. The molecule has 2 N–H and O–H groups in total. The molecule has 0 aliphatic rings. The Kier molecular flexibility index (Phi) is 34.3. The van der Waals surface area contributed by atoms with Crippen LogP contribution in [0.25, 0.3) is 0 Å². The topological polar surface area (TPSA) is 119 Å². The molecule has 0 aliphatic carbocycles. The number of hydrogen-bond donors (Lipinski definition) is 2. The maximum atomic E-state index is 12.4. The summed E-state index contributed by atoms with van der Waals surface area (Å²) in [5.74, 6) is -0.898. The molecule has 0 fully saturated rings. The number of allylic oxidation sites excluding steroid dienone is 1. The molecular formula is C39H73O8P. The molecular weight excluding hydrogens is 627 g/mol. The van der Waals surface area contributed by atoms with Crippen LogP contribution in [-0.4, -0.2) is 41.0 Å². The average Bonchev–Trinajstić information content (AvgIpc) is 3.05.